The van der Waals surface area contributed by atoms with E-state index in [1.807, 2.05) is 24.1 Å². The van der Waals surface area contributed by atoms with Crippen LogP contribution in [0.2, 0.25) is 0 Å². The second-order valence-electron chi connectivity index (χ2n) is 4.56. The molecule has 0 aliphatic carbocycles. The van der Waals surface area contributed by atoms with Crippen LogP contribution in [-0.4, -0.2) is 32.8 Å². The van der Waals surface area contributed by atoms with Crippen molar-refractivity contribution >= 4 is 9.84 Å². The highest BCUT2D eigenvalue weighted by molar-refractivity contribution is 7.91. The first-order chi connectivity index (χ1) is 8.03. The van der Waals surface area contributed by atoms with Crippen LogP contribution in [0.1, 0.15) is 17.5 Å². The summed E-state index contributed by atoms with van der Waals surface area (Å²) >= 11 is 0. The van der Waals surface area contributed by atoms with E-state index in [1.54, 1.807) is 6.07 Å². The van der Waals surface area contributed by atoms with E-state index in [9.17, 15) is 8.42 Å². The molecule has 94 valence electrons. The minimum absolute atomic E-state index is 0.280. The smallest absolute Gasteiger partial charge is 0.178 e. The van der Waals surface area contributed by atoms with Gasteiger partial charge in [-0.15, -0.1) is 0 Å². The van der Waals surface area contributed by atoms with Crippen molar-refractivity contribution in [3.63, 3.8) is 0 Å². The van der Waals surface area contributed by atoms with Crippen molar-refractivity contribution in [1.29, 1.82) is 0 Å². The first-order valence-corrected chi connectivity index (χ1v) is 7.41. The number of hydrogen-bond donors (Lipinski definition) is 1. The quantitative estimate of drug-likeness (QED) is 0.809. The molecular formula is C12H18N2O2S. The van der Waals surface area contributed by atoms with E-state index >= 15 is 0 Å². The molecule has 0 unspecified atom stereocenters. The third kappa shape index (κ3) is 2.68. The van der Waals surface area contributed by atoms with Gasteiger partial charge in [0.15, 0.2) is 9.84 Å². The molecule has 0 atom stereocenters. The molecule has 1 heterocycles. The topological polar surface area (TPSA) is 63.4 Å². The highest BCUT2D eigenvalue weighted by Gasteiger charge is 2.23. The zero-order valence-corrected chi connectivity index (χ0v) is 10.8. The van der Waals surface area contributed by atoms with E-state index in [2.05, 4.69) is 0 Å². The standard InChI is InChI=1S/C12H18N2O2S/c1-14(9-13)8-10-4-5-12-11(7-10)3-2-6-17(12,15)16/h4-5,7H,2-3,6,8-9,13H2,1H3. The van der Waals surface area contributed by atoms with Crippen LogP contribution in [-0.2, 0) is 22.8 Å². The normalized spacial score (nSPS) is 18.1. The lowest BCUT2D eigenvalue weighted by Gasteiger charge is -2.19. The molecule has 2 rings (SSSR count). The Balaban J connectivity index is 2.32. The minimum atomic E-state index is -3.03. The Morgan fingerprint density at radius 2 is 2.18 bits per heavy atom. The summed E-state index contributed by atoms with van der Waals surface area (Å²) in [4.78, 5) is 2.50. The maximum absolute atomic E-state index is 11.8. The number of rotatable bonds is 3. The third-order valence-corrected chi connectivity index (χ3v) is 4.98. The number of nitrogens with zero attached hydrogens (tertiary/aromatic N) is 1. The van der Waals surface area contributed by atoms with E-state index < -0.39 is 9.84 Å². The molecule has 1 aliphatic heterocycles. The zero-order valence-electron chi connectivity index (χ0n) is 10.0. The van der Waals surface area contributed by atoms with Gasteiger partial charge < -0.3 is 5.73 Å². The zero-order chi connectivity index (χ0) is 12.5. The van der Waals surface area contributed by atoms with Crippen LogP contribution in [0.15, 0.2) is 23.1 Å². The van der Waals surface area contributed by atoms with Crippen molar-refractivity contribution in [2.45, 2.75) is 24.3 Å². The summed E-state index contributed by atoms with van der Waals surface area (Å²) in [5.74, 6) is 0.280. The molecule has 0 saturated heterocycles. The molecule has 4 nitrogen and oxygen atoms in total. The molecule has 0 fully saturated rings. The van der Waals surface area contributed by atoms with Gasteiger partial charge in [-0.25, -0.2) is 8.42 Å². The number of fused-ring (bicyclic) bond motifs is 1. The van der Waals surface area contributed by atoms with Crippen LogP contribution in [0.4, 0.5) is 0 Å². The Morgan fingerprint density at radius 1 is 1.41 bits per heavy atom. The number of benzene rings is 1. The summed E-state index contributed by atoms with van der Waals surface area (Å²) in [5.41, 5.74) is 7.61. The second-order valence-corrected chi connectivity index (χ2v) is 6.64. The minimum Gasteiger partial charge on any atom is -0.318 e. The van der Waals surface area contributed by atoms with Gasteiger partial charge in [-0.2, -0.15) is 0 Å². The molecule has 1 aliphatic rings. The molecule has 17 heavy (non-hydrogen) atoms. The maximum Gasteiger partial charge on any atom is 0.178 e. The fraction of sp³-hybridized carbons (Fsp3) is 0.500. The van der Waals surface area contributed by atoms with Gasteiger partial charge in [0.05, 0.1) is 10.6 Å². The molecule has 0 saturated carbocycles. The number of hydrogen-bond acceptors (Lipinski definition) is 4. The SMILES string of the molecule is CN(CN)Cc1ccc2c(c1)CCCS2(=O)=O. The van der Waals surface area contributed by atoms with Crippen LogP contribution < -0.4 is 5.73 Å². The average Bonchev–Trinajstić information content (AvgIpc) is 2.28. The fourth-order valence-electron chi connectivity index (χ4n) is 2.17. The molecule has 1 aromatic carbocycles. The van der Waals surface area contributed by atoms with Gasteiger partial charge in [0, 0.05) is 13.2 Å². The van der Waals surface area contributed by atoms with Crippen molar-refractivity contribution in [1.82, 2.24) is 4.90 Å². The lowest BCUT2D eigenvalue weighted by Crippen LogP contribution is -2.25. The molecule has 0 spiro atoms. The van der Waals surface area contributed by atoms with Crippen LogP contribution >= 0.6 is 0 Å². The summed E-state index contributed by atoms with van der Waals surface area (Å²) in [6.07, 6.45) is 1.58. The van der Waals surface area contributed by atoms with Gasteiger partial charge in [-0.05, 0) is 37.1 Å². The lowest BCUT2D eigenvalue weighted by molar-refractivity contribution is 0.337. The predicted molar refractivity (Wildman–Crippen MR) is 67.3 cm³/mol. The predicted octanol–water partition coefficient (Wildman–Crippen LogP) is 0.754. The first-order valence-electron chi connectivity index (χ1n) is 5.76. The van der Waals surface area contributed by atoms with Gasteiger partial charge in [0.2, 0.25) is 0 Å². The number of sulfone groups is 1. The van der Waals surface area contributed by atoms with Crippen LogP contribution in [0, 0.1) is 0 Å². The number of nitrogens with two attached hydrogens (primary N) is 1. The molecular weight excluding hydrogens is 236 g/mol. The average molecular weight is 254 g/mol. The molecule has 2 N–H and O–H groups in total. The van der Waals surface area contributed by atoms with Gasteiger partial charge in [0.1, 0.15) is 0 Å². The Bertz CT molecular complexity index is 511. The first kappa shape index (κ1) is 12.5. The lowest BCUT2D eigenvalue weighted by atomic mass is 10.1. The highest BCUT2D eigenvalue weighted by atomic mass is 32.2. The van der Waals surface area contributed by atoms with Crippen molar-refractivity contribution in [2.24, 2.45) is 5.73 Å². The summed E-state index contributed by atoms with van der Waals surface area (Å²) in [6, 6.07) is 5.62. The Kier molecular flexibility index (Phi) is 3.51. The Morgan fingerprint density at radius 3 is 2.88 bits per heavy atom. The molecule has 0 amide bonds. The highest BCUT2D eigenvalue weighted by Crippen LogP contribution is 2.26. The van der Waals surface area contributed by atoms with Gasteiger partial charge in [-0.3, -0.25) is 4.90 Å². The van der Waals surface area contributed by atoms with Gasteiger partial charge >= 0.3 is 0 Å². The van der Waals surface area contributed by atoms with Crippen LogP contribution in [0.5, 0.6) is 0 Å². The second kappa shape index (κ2) is 4.76. The van der Waals surface area contributed by atoms with E-state index in [0.29, 0.717) is 11.6 Å². The largest absolute Gasteiger partial charge is 0.318 e. The van der Waals surface area contributed by atoms with Crippen molar-refractivity contribution < 1.29 is 8.42 Å². The monoisotopic (exact) mass is 254 g/mol. The van der Waals surface area contributed by atoms with Crippen molar-refractivity contribution in [3.05, 3.63) is 29.3 Å². The molecule has 0 aromatic heterocycles. The molecule has 0 bridgehead atoms. The summed E-state index contributed by atoms with van der Waals surface area (Å²) in [5, 5.41) is 0. The molecule has 5 heteroatoms. The Labute approximate surface area is 102 Å². The maximum atomic E-state index is 11.8. The van der Waals surface area contributed by atoms with E-state index in [4.69, 9.17) is 5.73 Å². The van der Waals surface area contributed by atoms with Gasteiger partial charge in [0.25, 0.3) is 0 Å². The Hall–Kier alpha value is -0.910. The van der Waals surface area contributed by atoms with E-state index in [1.165, 1.54) is 0 Å². The van der Waals surface area contributed by atoms with E-state index in [0.717, 1.165) is 30.5 Å². The van der Waals surface area contributed by atoms with E-state index in [-0.39, 0.29) is 5.75 Å². The fourth-order valence-corrected chi connectivity index (χ4v) is 3.75. The van der Waals surface area contributed by atoms with Crippen molar-refractivity contribution in [3.8, 4) is 0 Å². The summed E-state index contributed by atoms with van der Waals surface area (Å²) < 4.78 is 23.7. The van der Waals surface area contributed by atoms with Gasteiger partial charge in [-0.1, -0.05) is 12.1 Å². The molecule has 1 aromatic rings. The van der Waals surface area contributed by atoms with Crippen LogP contribution in [0.25, 0.3) is 0 Å². The third-order valence-electron chi connectivity index (χ3n) is 3.08. The summed E-state index contributed by atoms with van der Waals surface area (Å²) in [7, 11) is -1.09. The molecule has 0 radical (unpaired) electrons. The summed E-state index contributed by atoms with van der Waals surface area (Å²) in [6.45, 7) is 1.25. The van der Waals surface area contributed by atoms with Crippen molar-refractivity contribution in [2.75, 3.05) is 19.5 Å². The number of aryl methyl sites for hydroxylation is 1. The van der Waals surface area contributed by atoms with Crippen LogP contribution in [0.3, 0.4) is 0 Å².